The van der Waals surface area contributed by atoms with Gasteiger partial charge in [0.25, 0.3) is 5.91 Å². The van der Waals surface area contributed by atoms with Crippen LogP contribution in [0.15, 0.2) is 18.2 Å². The Morgan fingerprint density at radius 2 is 1.88 bits per heavy atom. The molecular formula is C23H31N5O6. The van der Waals surface area contributed by atoms with E-state index in [-0.39, 0.29) is 43.7 Å². The first-order valence-corrected chi connectivity index (χ1v) is 11.7. The predicted octanol–water partition coefficient (Wildman–Crippen LogP) is -0.675. The number of nitrogens with one attached hydrogen (secondary N) is 3. The van der Waals surface area contributed by atoms with Crippen LogP contribution in [-0.4, -0.2) is 98.6 Å². The summed E-state index contributed by atoms with van der Waals surface area (Å²) in [7, 11) is 0. The van der Waals surface area contributed by atoms with E-state index in [2.05, 4.69) is 20.9 Å². The number of hydrogen-bond donors (Lipinski definition) is 3. The number of carbonyl (C=O) groups excluding carboxylic acids is 4. The largest absolute Gasteiger partial charge is 0.378 e. The molecule has 0 radical (unpaired) electrons. The Bertz CT molecular complexity index is 932. The SMILES string of the molecule is O=C1CCC(N2Cc3c(NC(=O)COCCOCCN4CCNCC4)cccc3C2=O)C(=O)N1. The fraction of sp³-hybridized carbons (Fsp3) is 0.565. The van der Waals surface area contributed by atoms with Crippen LogP contribution in [0.1, 0.15) is 28.8 Å². The molecule has 0 bridgehead atoms. The molecule has 3 heterocycles. The van der Waals surface area contributed by atoms with Gasteiger partial charge in [0.2, 0.25) is 17.7 Å². The van der Waals surface area contributed by atoms with Crippen LogP contribution in [0, 0.1) is 0 Å². The molecule has 3 N–H and O–H groups in total. The molecule has 1 aromatic carbocycles. The molecule has 1 aromatic rings. The molecule has 11 heteroatoms. The minimum atomic E-state index is -0.698. The number of hydrogen-bond acceptors (Lipinski definition) is 8. The van der Waals surface area contributed by atoms with Crippen LogP contribution < -0.4 is 16.0 Å². The highest BCUT2D eigenvalue weighted by atomic mass is 16.5. The third-order valence-corrected chi connectivity index (χ3v) is 6.22. The Hall–Kier alpha value is -2.86. The van der Waals surface area contributed by atoms with E-state index in [9.17, 15) is 19.2 Å². The molecule has 1 unspecified atom stereocenters. The van der Waals surface area contributed by atoms with E-state index in [1.807, 2.05) is 0 Å². The molecule has 0 aromatic heterocycles. The summed E-state index contributed by atoms with van der Waals surface area (Å²) in [6, 6.07) is 4.38. The second-order valence-corrected chi connectivity index (χ2v) is 8.54. The van der Waals surface area contributed by atoms with Gasteiger partial charge in [0, 0.05) is 62.5 Å². The maximum absolute atomic E-state index is 12.9. The molecule has 34 heavy (non-hydrogen) atoms. The molecule has 184 valence electrons. The number of piperazine rings is 1. The van der Waals surface area contributed by atoms with Crippen LogP contribution in [0.3, 0.4) is 0 Å². The van der Waals surface area contributed by atoms with E-state index in [0.717, 1.165) is 32.7 Å². The van der Waals surface area contributed by atoms with Gasteiger partial charge in [-0.05, 0) is 18.6 Å². The van der Waals surface area contributed by atoms with E-state index in [1.54, 1.807) is 18.2 Å². The quantitative estimate of drug-likeness (QED) is 0.301. The van der Waals surface area contributed by atoms with Crippen LogP contribution in [0.4, 0.5) is 5.69 Å². The van der Waals surface area contributed by atoms with E-state index in [1.165, 1.54) is 4.90 Å². The number of imide groups is 1. The van der Waals surface area contributed by atoms with Crippen molar-refractivity contribution in [1.82, 2.24) is 20.4 Å². The molecule has 0 saturated carbocycles. The number of fused-ring (bicyclic) bond motifs is 1. The van der Waals surface area contributed by atoms with Gasteiger partial charge in [-0.25, -0.2) is 0 Å². The summed E-state index contributed by atoms with van der Waals surface area (Å²) in [5.74, 6) is -1.41. The van der Waals surface area contributed by atoms with Crippen molar-refractivity contribution in [2.24, 2.45) is 0 Å². The van der Waals surface area contributed by atoms with Gasteiger partial charge in [-0.2, -0.15) is 0 Å². The zero-order valence-electron chi connectivity index (χ0n) is 19.1. The first-order valence-electron chi connectivity index (χ1n) is 11.7. The lowest BCUT2D eigenvalue weighted by Gasteiger charge is -2.29. The highest BCUT2D eigenvalue weighted by molar-refractivity contribution is 6.06. The standard InChI is InChI=1S/C23H31N5O6/c29-20-5-4-19(22(31)26-20)28-14-17-16(23(28)32)2-1-3-18(17)25-21(30)15-34-13-12-33-11-10-27-8-6-24-7-9-27/h1-3,19,24H,4-15H2,(H,25,30)(H,26,29,31). The molecule has 4 amide bonds. The smallest absolute Gasteiger partial charge is 0.255 e. The van der Waals surface area contributed by atoms with Gasteiger partial charge in [0.05, 0.1) is 19.8 Å². The number of ether oxygens (including phenoxy) is 2. The van der Waals surface area contributed by atoms with Gasteiger partial charge >= 0.3 is 0 Å². The predicted molar refractivity (Wildman–Crippen MR) is 122 cm³/mol. The van der Waals surface area contributed by atoms with Crippen molar-refractivity contribution in [3.8, 4) is 0 Å². The van der Waals surface area contributed by atoms with Crippen molar-refractivity contribution in [3.63, 3.8) is 0 Å². The Balaban J connectivity index is 1.20. The number of benzene rings is 1. The Labute approximate surface area is 198 Å². The molecule has 1 atom stereocenters. The number of amides is 4. The molecule has 2 fully saturated rings. The number of anilines is 1. The van der Waals surface area contributed by atoms with E-state index in [0.29, 0.717) is 36.6 Å². The summed E-state index contributed by atoms with van der Waals surface area (Å²) in [4.78, 5) is 52.7. The molecule has 0 spiro atoms. The minimum absolute atomic E-state index is 0.129. The Morgan fingerprint density at radius 1 is 1.09 bits per heavy atom. The molecule has 3 aliphatic rings. The highest BCUT2D eigenvalue weighted by Gasteiger charge is 2.39. The molecule has 0 aliphatic carbocycles. The van der Waals surface area contributed by atoms with Crippen molar-refractivity contribution in [3.05, 3.63) is 29.3 Å². The minimum Gasteiger partial charge on any atom is -0.378 e. The number of carbonyl (C=O) groups is 4. The summed E-state index contributed by atoms with van der Waals surface area (Å²) < 4.78 is 11.0. The van der Waals surface area contributed by atoms with Crippen LogP contribution in [0.5, 0.6) is 0 Å². The number of nitrogens with zero attached hydrogens (tertiary/aromatic N) is 2. The summed E-state index contributed by atoms with van der Waals surface area (Å²) in [6.07, 6.45) is 0.480. The van der Waals surface area contributed by atoms with Crippen molar-refractivity contribution in [2.45, 2.75) is 25.4 Å². The molecule has 3 aliphatic heterocycles. The Kier molecular flexibility index (Phi) is 8.22. The van der Waals surface area contributed by atoms with Crippen molar-refractivity contribution >= 4 is 29.3 Å². The zero-order valence-corrected chi connectivity index (χ0v) is 19.1. The lowest BCUT2D eigenvalue weighted by molar-refractivity contribution is -0.137. The van der Waals surface area contributed by atoms with Gasteiger partial charge in [-0.1, -0.05) is 6.07 Å². The average Bonchev–Trinajstić information content (AvgIpc) is 3.16. The van der Waals surface area contributed by atoms with Crippen LogP contribution in [0.2, 0.25) is 0 Å². The number of rotatable bonds is 10. The highest BCUT2D eigenvalue weighted by Crippen LogP contribution is 2.32. The van der Waals surface area contributed by atoms with E-state index in [4.69, 9.17) is 9.47 Å². The summed E-state index contributed by atoms with van der Waals surface area (Å²) in [6.45, 7) is 6.37. The van der Waals surface area contributed by atoms with Gasteiger partial charge in [0.15, 0.2) is 0 Å². The van der Waals surface area contributed by atoms with Crippen molar-refractivity contribution in [2.75, 3.05) is 64.5 Å². The van der Waals surface area contributed by atoms with Crippen molar-refractivity contribution < 1.29 is 28.7 Å². The monoisotopic (exact) mass is 473 g/mol. The lowest BCUT2D eigenvalue weighted by atomic mass is 10.0. The van der Waals surface area contributed by atoms with Gasteiger partial charge in [-0.15, -0.1) is 0 Å². The van der Waals surface area contributed by atoms with Gasteiger partial charge in [-0.3, -0.25) is 29.4 Å². The van der Waals surface area contributed by atoms with Gasteiger partial charge in [0.1, 0.15) is 12.6 Å². The fourth-order valence-corrected chi connectivity index (χ4v) is 4.40. The first-order chi connectivity index (χ1) is 16.5. The Morgan fingerprint density at radius 3 is 2.68 bits per heavy atom. The topological polar surface area (TPSA) is 129 Å². The summed E-state index contributed by atoms with van der Waals surface area (Å²) in [5, 5.41) is 8.39. The van der Waals surface area contributed by atoms with Crippen LogP contribution in [0.25, 0.3) is 0 Å². The lowest BCUT2D eigenvalue weighted by Crippen LogP contribution is -2.52. The second-order valence-electron chi connectivity index (χ2n) is 8.54. The van der Waals surface area contributed by atoms with Crippen LogP contribution >= 0.6 is 0 Å². The third-order valence-electron chi connectivity index (χ3n) is 6.22. The second kappa shape index (κ2) is 11.5. The summed E-state index contributed by atoms with van der Waals surface area (Å²) in [5.41, 5.74) is 1.62. The third kappa shape index (κ3) is 5.98. The van der Waals surface area contributed by atoms with E-state index < -0.39 is 11.9 Å². The first kappa shape index (κ1) is 24.3. The maximum atomic E-state index is 12.9. The molecular weight excluding hydrogens is 442 g/mol. The average molecular weight is 474 g/mol. The van der Waals surface area contributed by atoms with Gasteiger partial charge < -0.3 is 25.0 Å². The number of piperidine rings is 1. The zero-order chi connectivity index (χ0) is 23.9. The normalized spacial score (nSPS) is 20.9. The van der Waals surface area contributed by atoms with Crippen LogP contribution in [-0.2, 0) is 30.4 Å². The van der Waals surface area contributed by atoms with E-state index >= 15 is 0 Å². The van der Waals surface area contributed by atoms with Crippen molar-refractivity contribution in [1.29, 1.82) is 0 Å². The summed E-state index contributed by atoms with van der Waals surface area (Å²) >= 11 is 0. The molecule has 4 rings (SSSR count). The molecule has 2 saturated heterocycles. The fourth-order valence-electron chi connectivity index (χ4n) is 4.40. The maximum Gasteiger partial charge on any atom is 0.255 e. The molecule has 11 nitrogen and oxygen atoms in total.